The number of rotatable bonds is 8. The van der Waals surface area contributed by atoms with Gasteiger partial charge in [-0.3, -0.25) is 14.2 Å². The lowest BCUT2D eigenvalue weighted by Gasteiger charge is -2.24. The van der Waals surface area contributed by atoms with Crippen LogP contribution < -0.4 is 5.09 Å². The number of carboxylic acid groups (broad SMARTS) is 2. The first kappa shape index (κ1) is 16.8. The summed E-state index contributed by atoms with van der Waals surface area (Å²) in [5.74, 6) is -2.46. The van der Waals surface area contributed by atoms with Crippen LogP contribution in [0.2, 0.25) is 0 Å². The van der Waals surface area contributed by atoms with Crippen LogP contribution in [0.4, 0.5) is 0 Å². The van der Waals surface area contributed by atoms with E-state index in [-0.39, 0.29) is 0 Å². The van der Waals surface area contributed by atoms with E-state index in [0.717, 1.165) is 0 Å². The van der Waals surface area contributed by atoms with Crippen molar-refractivity contribution in [3.05, 3.63) is 22.4 Å². The molecule has 0 saturated carbocycles. The van der Waals surface area contributed by atoms with Gasteiger partial charge in [0.05, 0.1) is 18.5 Å². The first-order valence-electron chi connectivity index (χ1n) is 5.78. The van der Waals surface area contributed by atoms with Crippen molar-refractivity contribution in [1.82, 2.24) is 5.09 Å². The molecular weight excluding hydrogens is 305 g/mol. The van der Waals surface area contributed by atoms with Crippen LogP contribution in [0.1, 0.15) is 31.0 Å². The Kier molecular flexibility index (Phi) is 5.88. The van der Waals surface area contributed by atoms with Crippen molar-refractivity contribution < 1.29 is 29.3 Å². The van der Waals surface area contributed by atoms with E-state index in [1.807, 2.05) is 0 Å². The number of carbonyl (C=O) groups is 2. The predicted molar refractivity (Wildman–Crippen MR) is 74.0 cm³/mol. The molecule has 0 saturated heterocycles. The van der Waals surface area contributed by atoms with Gasteiger partial charge in [-0.15, -0.1) is 0 Å². The first-order valence-corrected chi connectivity index (χ1v) is 8.45. The third kappa shape index (κ3) is 5.05. The van der Waals surface area contributed by atoms with E-state index in [0.29, 0.717) is 5.56 Å². The molecule has 112 valence electrons. The SMILES string of the molecule is CC(c1ccsc1)P(=O)(O)NC(CC(=O)O)CC(=O)O. The van der Waals surface area contributed by atoms with Gasteiger partial charge >= 0.3 is 11.9 Å². The van der Waals surface area contributed by atoms with Gasteiger partial charge in [0, 0.05) is 6.04 Å². The van der Waals surface area contributed by atoms with Crippen molar-refractivity contribution in [2.45, 2.75) is 31.5 Å². The minimum Gasteiger partial charge on any atom is -0.481 e. The second-order valence-electron chi connectivity index (χ2n) is 4.38. The molecule has 0 spiro atoms. The van der Waals surface area contributed by atoms with Crippen molar-refractivity contribution in [3.8, 4) is 0 Å². The third-order valence-electron chi connectivity index (χ3n) is 2.76. The molecule has 0 aromatic carbocycles. The molecule has 4 N–H and O–H groups in total. The zero-order valence-electron chi connectivity index (χ0n) is 10.7. The summed E-state index contributed by atoms with van der Waals surface area (Å²) in [7, 11) is -3.91. The van der Waals surface area contributed by atoms with Gasteiger partial charge in [-0.2, -0.15) is 11.3 Å². The molecule has 0 fully saturated rings. The Morgan fingerprint density at radius 2 is 1.90 bits per heavy atom. The van der Waals surface area contributed by atoms with E-state index in [1.165, 1.54) is 18.3 Å². The van der Waals surface area contributed by atoms with Gasteiger partial charge in [-0.05, 0) is 29.3 Å². The average molecular weight is 321 g/mol. The normalized spacial score (nSPS) is 15.8. The van der Waals surface area contributed by atoms with Crippen LogP contribution in [0.25, 0.3) is 0 Å². The van der Waals surface area contributed by atoms with Gasteiger partial charge in [0.1, 0.15) is 0 Å². The fourth-order valence-electron chi connectivity index (χ4n) is 1.67. The lowest BCUT2D eigenvalue weighted by atomic mass is 10.1. The maximum atomic E-state index is 12.2. The van der Waals surface area contributed by atoms with Crippen LogP contribution in [0.3, 0.4) is 0 Å². The molecule has 2 atom stereocenters. The topological polar surface area (TPSA) is 124 Å². The molecule has 0 aliphatic rings. The van der Waals surface area contributed by atoms with Gasteiger partial charge in [0.15, 0.2) is 0 Å². The highest BCUT2D eigenvalue weighted by Crippen LogP contribution is 2.52. The third-order valence-corrected chi connectivity index (χ3v) is 5.54. The van der Waals surface area contributed by atoms with Crippen molar-refractivity contribution in [2.24, 2.45) is 0 Å². The van der Waals surface area contributed by atoms with Crippen molar-refractivity contribution in [1.29, 1.82) is 0 Å². The van der Waals surface area contributed by atoms with E-state index < -0.39 is 44.0 Å². The summed E-state index contributed by atoms with van der Waals surface area (Å²) in [5.41, 5.74) is -0.0865. The lowest BCUT2D eigenvalue weighted by Crippen LogP contribution is -2.32. The highest BCUT2D eigenvalue weighted by molar-refractivity contribution is 7.56. The minimum absolute atomic E-state index is 0.535. The Balaban J connectivity index is 2.81. The Bertz CT molecular complexity index is 501. The van der Waals surface area contributed by atoms with Crippen molar-refractivity contribution in [3.63, 3.8) is 0 Å². The quantitative estimate of drug-likeness (QED) is 0.539. The van der Waals surface area contributed by atoms with Crippen LogP contribution in [-0.4, -0.2) is 33.1 Å². The summed E-state index contributed by atoms with van der Waals surface area (Å²) in [4.78, 5) is 31.4. The molecule has 0 amide bonds. The number of nitrogens with one attached hydrogen (secondary N) is 1. The van der Waals surface area contributed by atoms with Gasteiger partial charge in [0.2, 0.25) is 0 Å². The summed E-state index contributed by atoms with van der Waals surface area (Å²) in [6, 6.07) is 0.602. The zero-order valence-corrected chi connectivity index (χ0v) is 12.4. The standard InChI is InChI=1S/C11H16NO6PS/c1-7(8-2-3-20-6-8)19(17,18)12-9(4-10(13)14)5-11(15)16/h2-3,6-7,9H,4-5H2,1H3,(H,13,14)(H,15,16)(H2,12,17,18). The van der Waals surface area contributed by atoms with Crippen LogP contribution in [-0.2, 0) is 14.2 Å². The molecule has 1 heterocycles. The number of carboxylic acids is 2. The van der Waals surface area contributed by atoms with Gasteiger partial charge in [-0.1, -0.05) is 0 Å². The summed E-state index contributed by atoms with van der Waals surface area (Å²) < 4.78 is 12.2. The van der Waals surface area contributed by atoms with Crippen LogP contribution in [0.5, 0.6) is 0 Å². The average Bonchev–Trinajstić information content (AvgIpc) is 2.78. The van der Waals surface area contributed by atoms with Gasteiger partial charge in [0.25, 0.3) is 7.52 Å². The van der Waals surface area contributed by atoms with Crippen molar-refractivity contribution >= 4 is 30.8 Å². The van der Waals surface area contributed by atoms with Crippen LogP contribution >= 0.6 is 18.9 Å². The maximum absolute atomic E-state index is 12.2. The number of thiophene rings is 1. The highest BCUT2D eigenvalue weighted by atomic mass is 32.1. The smallest absolute Gasteiger partial charge is 0.304 e. The molecule has 1 aromatic rings. The minimum atomic E-state index is -3.91. The second kappa shape index (κ2) is 6.99. The largest absolute Gasteiger partial charge is 0.481 e. The predicted octanol–water partition coefficient (Wildman–Crippen LogP) is 1.90. The summed E-state index contributed by atoms with van der Waals surface area (Å²) >= 11 is 1.38. The highest BCUT2D eigenvalue weighted by Gasteiger charge is 2.32. The summed E-state index contributed by atoms with van der Waals surface area (Å²) in [5, 5.41) is 23.2. The van der Waals surface area contributed by atoms with Gasteiger partial charge in [-0.25, -0.2) is 5.09 Å². The molecular formula is C11H16NO6PS. The van der Waals surface area contributed by atoms with E-state index in [1.54, 1.807) is 16.8 Å². The molecule has 0 radical (unpaired) electrons. The Labute approximate surface area is 119 Å². The van der Waals surface area contributed by atoms with Crippen LogP contribution in [0.15, 0.2) is 16.8 Å². The van der Waals surface area contributed by atoms with Crippen molar-refractivity contribution in [2.75, 3.05) is 0 Å². The Hall–Kier alpha value is -1.21. The monoisotopic (exact) mass is 321 g/mol. The summed E-state index contributed by atoms with van der Waals surface area (Å²) in [6.07, 6.45) is -1.07. The maximum Gasteiger partial charge on any atom is 0.304 e. The molecule has 0 aliphatic heterocycles. The number of hydrogen-bond donors (Lipinski definition) is 4. The fraction of sp³-hybridized carbons (Fsp3) is 0.455. The number of aliphatic carboxylic acids is 2. The second-order valence-corrected chi connectivity index (χ2v) is 7.44. The zero-order chi connectivity index (χ0) is 15.3. The molecule has 9 heteroatoms. The van der Waals surface area contributed by atoms with E-state index in [2.05, 4.69) is 5.09 Å². The summed E-state index contributed by atoms with van der Waals surface area (Å²) in [6.45, 7) is 1.54. The Morgan fingerprint density at radius 3 is 2.30 bits per heavy atom. The molecule has 0 bridgehead atoms. The Morgan fingerprint density at radius 1 is 1.35 bits per heavy atom. The molecule has 20 heavy (non-hydrogen) atoms. The fourth-order valence-corrected chi connectivity index (χ4v) is 4.02. The van der Waals surface area contributed by atoms with Crippen LogP contribution in [0, 0.1) is 0 Å². The number of hydrogen-bond acceptors (Lipinski definition) is 4. The molecule has 1 rings (SSSR count). The molecule has 2 unspecified atom stereocenters. The lowest BCUT2D eigenvalue weighted by molar-refractivity contribution is -0.139. The molecule has 0 aliphatic carbocycles. The van der Waals surface area contributed by atoms with E-state index in [9.17, 15) is 19.0 Å². The van der Waals surface area contributed by atoms with Gasteiger partial charge < -0.3 is 15.1 Å². The van der Waals surface area contributed by atoms with E-state index in [4.69, 9.17) is 10.2 Å². The molecule has 1 aromatic heterocycles. The molecule has 7 nitrogen and oxygen atoms in total. The van der Waals surface area contributed by atoms with E-state index >= 15 is 0 Å². The first-order chi connectivity index (χ1) is 9.22.